The van der Waals surface area contributed by atoms with Gasteiger partial charge in [0.2, 0.25) is 0 Å². The van der Waals surface area contributed by atoms with Gasteiger partial charge in [-0.15, -0.1) is 0 Å². The van der Waals surface area contributed by atoms with E-state index in [-0.39, 0.29) is 12.4 Å². The maximum absolute atomic E-state index is 11.9. The SMILES string of the molecule is COc1cc(C)cc(OCC(=O)c2ccccc2)c1. The van der Waals surface area contributed by atoms with Crippen molar-refractivity contribution in [1.82, 2.24) is 0 Å². The second-order valence-corrected chi connectivity index (χ2v) is 4.26. The number of aryl methyl sites for hydroxylation is 1. The molecule has 0 heterocycles. The fourth-order valence-corrected chi connectivity index (χ4v) is 1.77. The lowest BCUT2D eigenvalue weighted by molar-refractivity contribution is 0.0921. The van der Waals surface area contributed by atoms with Gasteiger partial charge in [0.1, 0.15) is 11.5 Å². The van der Waals surface area contributed by atoms with Gasteiger partial charge in [-0.25, -0.2) is 0 Å². The summed E-state index contributed by atoms with van der Waals surface area (Å²) >= 11 is 0. The standard InChI is InChI=1S/C16H16O3/c1-12-8-14(18-2)10-15(9-12)19-11-16(17)13-6-4-3-5-7-13/h3-10H,11H2,1-2H3. The Balaban J connectivity index is 2.03. The number of ether oxygens (including phenoxy) is 2. The topological polar surface area (TPSA) is 35.5 Å². The summed E-state index contributed by atoms with van der Waals surface area (Å²) < 4.78 is 10.7. The molecule has 0 amide bonds. The van der Waals surface area contributed by atoms with Crippen molar-refractivity contribution in [3.8, 4) is 11.5 Å². The van der Waals surface area contributed by atoms with Crippen LogP contribution in [0.3, 0.4) is 0 Å². The van der Waals surface area contributed by atoms with Gasteiger partial charge in [0.05, 0.1) is 7.11 Å². The first kappa shape index (κ1) is 13.1. The molecule has 0 spiro atoms. The van der Waals surface area contributed by atoms with Gasteiger partial charge in [-0.3, -0.25) is 4.79 Å². The minimum Gasteiger partial charge on any atom is -0.497 e. The predicted molar refractivity (Wildman–Crippen MR) is 74.0 cm³/mol. The van der Waals surface area contributed by atoms with E-state index < -0.39 is 0 Å². The second kappa shape index (κ2) is 6.05. The zero-order chi connectivity index (χ0) is 13.7. The highest BCUT2D eigenvalue weighted by atomic mass is 16.5. The van der Waals surface area contributed by atoms with Gasteiger partial charge in [-0.05, 0) is 24.6 Å². The van der Waals surface area contributed by atoms with E-state index in [1.165, 1.54) is 0 Å². The van der Waals surface area contributed by atoms with Crippen LogP contribution in [0.1, 0.15) is 15.9 Å². The summed E-state index contributed by atoms with van der Waals surface area (Å²) in [6.07, 6.45) is 0. The Morgan fingerprint density at radius 3 is 2.42 bits per heavy atom. The number of carbonyl (C=O) groups excluding carboxylic acids is 1. The molecule has 2 aromatic rings. The molecule has 2 rings (SSSR count). The molecule has 0 aliphatic rings. The third kappa shape index (κ3) is 3.58. The van der Waals surface area contributed by atoms with Crippen molar-refractivity contribution in [2.75, 3.05) is 13.7 Å². The van der Waals surface area contributed by atoms with E-state index in [0.29, 0.717) is 11.3 Å². The average molecular weight is 256 g/mol. The Morgan fingerprint density at radius 1 is 1.05 bits per heavy atom. The van der Waals surface area contributed by atoms with E-state index in [1.54, 1.807) is 25.3 Å². The van der Waals surface area contributed by atoms with Crippen molar-refractivity contribution in [1.29, 1.82) is 0 Å². The first-order valence-electron chi connectivity index (χ1n) is 6.06. The van der Waals surface area contributed by atoms with Crippen LogP contribution < -0.4 is 9.47 Å². The highest BCUT2D eigenvalue weighted by Gasteiger charge is 2.07. The summed E-state index contributed by atoms with van der Waals surface area (Å²) in [4.78, 5) is 11.9. The van der Waals surface area contributed by atoms with Gasteiger partial charge < -0.3 is 9.47 Å². The van der Waals surface area contributed by atoms with E-state index in [4.69, 9.17) is 9.47 Å². The third-order valence-electron chi connectivity index (χ3n) is 2.73. The lowest BCUT2D eigenvalue weighted by Gasteiger charge is -2.08. The quantitative estimate of drug-likeness (QED) is 0.770. The molecule has 0 radical (unpaired) electrons. The molecule has 0 unspecified atom stereocenters. The minimum atomic E-state index is -0.0407. The van der Waals surface area contributed by atoms with E-state index in [0.717, 1.165) is 11.3 Å². The Bertz CT molecular complexity index is 561. The number of benzene rings is 2. The predicted octanol–water partition coefficient (Wildman–Crippen LogP) is 3.27. The molecule has 19 heavy (non-hydrogen) atoms. The molecule has 98 valence electrons. The normalized spacial score (nSPS) is 10.0. The largest absolute Gasteiger partial charge is 0.497 e. The molecule has 0 bridgehead atoms. The molecule has 0 aromatic heterocycles. The van der Waals surface area contributed by atoms with E-state index in [9.17, 15) is 4.79 Å². The van der Waals surface area contributed by atoms with Crippen LogP contribution in [0.4, 0.5) is 0 Å². The van der Waals surface area contributed by atoms with Crippen LogP contribution in [0.2, 0.25) is 0 Å². The number of rotatable bonds is 5. The van der Waals surface area contributed by atoms with E-state index in [2.05, 4.69) is 0 Å². The molecule has 0 aliphatic carbocycles. The van der Waals surface area contributed by atoms with Gasteiger partial charge in [0.15, 0.2) is 12.4 Å². The summed E-state index contributed by atoms with van der Waals surface area (Å²) in [6, 6.07) is 14.7. The zero-order valence-electron chi connectivity index (χ0n) is 11.1. The zero-order valence-corrected chi connectivity index (χ0v) is 11.1. The van der Waals surface area contributed by atoms with Crippen LogP contribution in [0, 0.1) is 6.92 Å². The minimum absolute atomic E-state index is 0.0244. The van der Waals surface area contributed by atoms with Crippen molar-refractivity contribution >= 4 is 5.78 Å². The van der Waals surface area contributed by atoms with Crippen LogP contribution in [-0.4, -0.2) is 19.5 Å². The van der Waals surface area contributed by atoms with Crippen LogP contribution in [0.25, 0.3) is 0 Å². The Hall–Kier alpha value is -2.29. The summed E-state index contributed by atoms with van der Waals surface area (Å²) in [5, 5.41) is 0. The summed E-state index contributed by atoms with van der Waals surface area (Å²) in [6.45, 7) is 1.98. The fraction of sp³-hybridized carbons (Fsp3) is 0.188. The van der Waals surface area contributed by atoms with Crippen LogP contribution in [0.15, 0.2) is 48.5 Å². The monoisotopic (exact) mass is 256 g/mol. The smallest absolute Gasteiger partial charge is 0.200 e. The third-order valence-corrected chi connectivity index (χ3v) is 2.73. The molecule has 0 saturated carbocycles. The van der Waals surface area contributed by atoms with Gasteiger partial charge >= 0.3 is 0 Å². The molecule has 2 aromatic carbocycles. The molecule has 3 nitrogen and oxygen atoms in total. The van der Waals surface area contributed by atoms with Crippen molar-refractivity contribution in [2.24, 2.45) is 0 Å². The number of Topliss-reactive ketones (excluding diaryl/α,β-unsaturated/α-hetero) is 1. The van der Waals surface area contributed by atoms with Gasteiger partial charge in [0, 0.05) is 11.6 Å². The lowest BCUT2D eigenvalue weighted by atomic mass is 10.1. The molecule has 3 heteroatoms. The molecule has 0 aliphatic heterocycles. The number of hydrogen-bond donors (Lipinski definition) is 0. The Labute approximate surface area is 112 Å². The van der Waals surface area contributed by atoms with Gasteiger partial charge in [0.25, 0.3) is 0 Å². The van der Waals surface area contributed by atoms with Crippen molar-refractivity contribution in [2.45, 2.75) is 6.92 Å². The molecule has 0 atom stereocenters. The highest BCUT2D eigenvalue weighted by Crippen LogP contribution is 2.22. The van der Waals surface area contributed by atoms with Crippen LogP contribution in [0.5, 0.6) is 11.5 Å². The Morgan fingerprint density at radius 2 is 1.74 bits per heavy atom. The second-order valence-electron chi connectivity index (χ2n) is 4.26. The van der Waals surface area contributed by atoms with Gasteiger partial charge in [-0.1, -0.05) is 30.3 Å². The number of methoxy groups -OCH3 is 1. The molecule has 0 saturated heterocycles. The molecule has 0 fully saturated rings. The molecular formula is C16H16O3. The van der Waals surface area contributed by atoms with Gasteiger partial charge in [-0.2, -0.15) is 0 Å². The number of carbonyl (C=O) groups is 1. The maximum Gasteiger partial charge on any atom is 0.200 e. The Kier molecular flexibility index (Phi) is 4.18. The summed E-state index contributed by atoms with van der Waals surface area (Å²) in [5.74, 6) is 1.32. The maximum atomic E-state index is 11.9. The van der Waals surface area contributed by atoms with E-state index >= 15 is 0 Å². The lowest BCUT2D eigenvalue weighted by Crippen LogP contribution is -2.11. The van der Waals surface area contributed by atoms with Crippen LogP contribution >= 0.6 is 0 Å². The average Bonchev–Trinajstić information content (AvgIpc) is 2.45. The molecule has 0 N–H and O–H groups in total. The molecular weight excluding hydrogens is 240 g/mol. The first-order chi connectivity index (χ1) is 9.19. The number of hydrogen-bond acceptors (Lipinski definition) is 3. The van der Waals surface area contributed by atoms with E-state index in [1.807, 2.05) is 37.3 Å². The summed E-state index contributed by atoms with van der Waals surface area (Å²) in [5.41, 5.74) is 1.68. The van der Waals surface area contributed by atoms with Crippen molar-refractivity contribution in [3.05, 3.63) is 59.7 Å². The fourth-order valence-electron chi connectivity index (χ4n) is 1.77. The van der Waals surface area contributed by atoms with Crippen LogP contribution in [-0.2, 0) is 0 Å². The highest BCUT2D eigenvalue weighted by molar-refractivity contribution is 5.97. The first-order valence-corrected chi connectivity index (χ1v) is 6.06. The van der Waals surface area contributed by atoms with Crippen molar-refractivity contribution < 1.29 is 14.3 Å². The number of ketones is 1. The summed E-state index contributed by atoms with van der Waals surface area (Å²) in [7, 11) is 1.60. The van der Waals surface area contributed by atoms with Crippen molar-refractivity contribution in [3.63, 3.8) is 0 Å².